The Hall–Kier alpha value is -5.45. The number of hydrogen-bond donors (Lipinski definition) is 2. The normalized spacial score (nSPS) is 14.3. The zero-order valence-electron chi connectivity index (χ0n) is 25.4. The first-order chi connectivity index (χ1) is 21.7. The number of benzodiazepines with no additional fused rings is 1. The summed E-state index contributed by atoms with van der Waals surface area (Å²) in [5.74, 6) is -0.643. The van der Waals surface area contributed by atoms with Crippen LogP contribution in [0.25, 0.3) is 0 Å². The highest BCUT2D eigenvalue weighted by molar-refractivity contribution is 6.20. The topological polar surface area (TPSA) is 136 Å². The molecule has 0 saturated carbocycles. The van der Waals surface area contributed by atoms with Crippen LogP contribution in [-0.2, 0) is 23.9 Å². The lowest BCUT2D eigenvalue weighted by Gasteiger charge is -2.24. The number of carbonyl (C=O) groups excluding carboxylic acids is 4. The van der Waals surface area contributed by atoms with E-state index >= 15 is 0 Å². The highest BCUT2D eigenvalue weighted by atomic mass is 16.5. The minimum atomic E-state index is -1.14. The number of rotatable bonds is 12. The molecule has 1 aliphatic rings. The minimum Gasteiger partial charge on any atom is -0.497 e. The summed E-state index contributed by atoms with van der Waals surface area (Å²) in [5, 5.41) is 5.32. The summed E-state index contributed by atoms with van der Waals surface area (Å²) >= 11 is 0. The molecule has 0 aliphatic carbocycles. The largest absolute Gasteiger partial charge is 0.497 e. The maximum absolute atomic E-state index is 13.9. The van der Waals surface area contributed by atoms with Gasteiger partial charge in [0.25, 0.3) is 5.91 Å². The van der Waals surface area contributed by atoms with Crippen molar-refractivity contribution in [1.29, 1.82) is 0 Å². The molecule has 234 valence electrons. The maximum Gasteiger partial charge on any atom is 0.411 e. The van der Waals surface area contributed by atoms with Crippen molar-refractivity contribution in [2.75, 3.05) is 43.6 Å². The third kappa shape index (κ3) is 9.27. The van der Waals surface area contributed by atoms with Gasteiger partial charge >= 0.3 is 12.1 Å². The number of esters is 1. The Morgan fingerprint density at radius 2 is 1.67 bits per heavy atom. The number of nitrogens with zero attached hydrogens (tertiary/aromatic N) is 2. The summed E-state index contributed by atoms with van der Waals surface area (Å²) in [7, 11) is 1.54. The minimum absolute atomic E-state index is 0.0587. The van der Waals surface area contributed by atoms with Crippen LogP contribution in [0.4, 0.5) is 16.2 Å². The molecule has 11 heteroatoms. The standard InChI is InChI=1S/C34H36N4O7/c1-23(2)21-44-31(40)14-9-19-35-30(39)20-38-29-13-8-7-12-27(29)32(24-10-5-4-6-11-24)37-28(33(38)41)22-45-34(42)36-25-15-17-26(43-3)18-16-25/h4-18,23,28H,19-22H2,1-3H3,(H,35,39)(H,36,42)/b14-9+/t28-/m1/s1. The average molecular weight is 613 g/mol. The predicted octanol–water partition coefficient (Wildman–Crippen LogP) is 4.37. The van der Waals surface area contributed by atoms with Crippen molar-refractivity contribution in [3.63, 3.8) is 0 Å². The van der Waals surface area contributed by atoms with Gasteiger partial charge in [0.15, 0.2) is 6.04 Å². The lowest BCUT2D eigenvalue weighted by molar-refractivity contribution is -0.138. The van der Waals surface area contributed by atoms with Crippen LogP contribution in [0.5, 0.6) is 5.75 Å². The summed E-state index contributed by atoms with van der Waals surface area (Å²) in [6.45, 7) is 3.52. The molecule has 4 rings (SSSR count). The molecule has 1 aliphatic heterocycles. The first-order valence-corrected chi connectivity index (χ1v) is 14.5. The lowest BCUT2D eigenvalue weighted by Crippen LogP contribution is -2.46. The van der Waals surface area contributed by atoms with E-state index in [0.717, 1.165) is 5.56 Å². The highest BCUT2D eigenvalue weighted by Crippen LogP contribution is 2.28. The second-order valence-electron chi connectivity index (χ2n) is 10.5. The zero-order valence-corrected chi connectivity index (χ0v) is 25.4. The number of fused-ring (bicyclic) bond motifs is 1. The van der Waals surface area contributed by atoms with Crippen LogP contribution >= 0.6 is 0 Å². The molecule has 11 nitrogen and oxygen atoms in total. The van der Waals surface area contributed by atoms with Gasteiger partial charge in [-0.15, -0.1) is 0 Å². The molecule has 2 N–H and O–H groups in total. The molecule has 0 radical (unpaired) electrons. The number of para-hydroxylation sites is 1. The number of methoxy groups -OCH3 is 1. The molecule has 3 aromatic carbocycles. The molecule has 0 saturated heterocycles. The molecular weight excluding hydrogens is 576 g/mol. The molecule has 0 bridgehead atoms. The van der Waals surface area contributed by atoms with E-state index in [-0.39, 0.29) is 25.6 Å². The van der Waals surface area contributed by atoms with Crippen LogP contribution in [0.2, 0.25) is 0 Å². The van der Waals surface area contributed by atoms with Gasteiger partial charge in [0.2, 0.25) is 5.91 Å². The summed E-state index contributed by atoms with van der Waals surface area (Å²) in [6.07, 6.45) is 1.96. The summed E-state index contributed by atoms with van der Waals surface area (Å²) in [5.41, 5.74) is 2.89. The number of benzene rings is 3. The van der Waals surface area contributed by atoms with E-state index in [1.807, 2.05) is 56.3 Å². The number of ether oxygens (including phenoxy) is 3. The number of hydrogen-bond acceptors (Lipinski definition) is 8. The van der Waals surface area contributed by atoms with Gasteiger partial charge < -0.3 is 24.4 Å². The average Bonchev–Trinajstić information content (AvgIpc) is 3.16. The SMILES string of the molecule is COc1ccc(NC(=O)OC[C@H]2N=C(c3ccccc3)c3ccccc3N(CC(=O)NC/C=C/C(=O)OCC(C)C)C2=O)cc1. The van der Waals surface area contributed by atoms with Gasteiger partial charge in [-0.2, -0.15) is 0 Å². The zero-order chi connectivity index (χ0) is 32.2. The van der Waals surface area contributed by atoms with Gasteiger partial charge in [-0.05, 0) is 36.2 Å². The van der Waals surface area contributed by atoms with Crippen LogP contribution in [-0.4, -0.2) is 69.0 Å². The van der Waals surface area contributed by atoms with E-state index in [9.17, 15) is 19.2 Å². The van der Waals surface area contributed by atoms with Gasteiger partial charge in [-0.1, -0.05) is 68.5 Å². The van der Waals surface area contributed by atoms with Crippen molar-refractivity contribution in [3.05, 3.63) is 102 Å². The Morgan fingerprint density at radius 3 is 2.38 bits per heavy atom. The number of aliphatic imine (C=N–C) groups is 1. The summed E-state index contributed by atoms with van der Waals surface area (Å²) < 4.78 is 15.7. The van der Waals surface area contributed by atoms with Crippen LogP contribution in [0.3, 0.4) is 0 Å². The van der Waals surface area contributed by atoms with Gasteiger partial charge in [-0.3, -0.25) is 19.9 Å². The van der Waals surface area contributed by atoms with E-state index in [2.05, 4.69) is 10.6 Å². The fraction of sp³-hybridized carbons (Fsp3) is 0.265. The number of amides is 3. The number of nitrogens with one attached hydrogen (secondary N) is 2. The summed E-state index contributed by atoms with van der Waals surface area (Å²) in [6, 6.07) is 22.0. The van der Waals surface area contributed by atoms with Crippen molar-refractivity contribution in [2.45, 2.75) is 19.9 Å². The molecule has 1 heterocycles. The number of anilines is 2. The van der Waals surface area contributed by atoms with Crippen LogP contribution in [0.15, 0.2) is 96.0 Å². The van der Waals surface area contributed by atoms with Crippen LogP contribution in [0.1, 0.15) is 25.0 Å². The van der Waals surface area contributed by atoms with Gasteiger partial charge in [0.05, 0.1) is 25.1 Å². The fourth-order valence-electron chi connectivity index (χ4n) is 4.39. The molecule has 0 unspecified atom stereocenters. The molecule has 3 aromatic rings. The van der Waals surface area contributed by atoms with Gasteiger partial charge in [0, 0.05) is 29.4 Å². The number of carbonyl (C=O) groups is 4. The maximum atomic E-state index is 13.9. The molecule has 0 aromatic heterocycles. The van der Waals surface area contributed by atoms with E-state index in [4.69, 9.17) is 19.2 Å². The highest BCUT2D eigenvalue weighted by Gasteiger charge is 2.34. The molecule has 3 amide bonds. The monoisotopic (exact) mass is 612 g/mol. The first kappa shape index (κ1) is 32.5. The van der Waals surface area contributed by atoms with Crippen molar-refractivity contribution in [3.8, 4) is 5.75 Å². The third-order valence-electron chi connectivity index (χ3n) is 6.57. The molecule has 45 heavy (non-hydrogen) atoms. The van der Waals surface area contributed by atoms with Gasteiger partial charge in [0.1, 0.15) is 18.9 Å². The Balaban J connectivity index is 1.52. The van der Waals surface area contributed by atoms with E-state index < -0.39 is 29.9 Å². The summed E-state index contributed by atoms with van der Waals surface area (Å²) in [4.78, 5) is 57.5. The Morgan fingerprint density at radius 1 is 0.956 bits per heavy atom. The van der Waals surface area contributed by atoms with Crippen LogP contribution in [0, 0.1) is 5.92 Å². The van der Waals surface area contributed by atoms with E-state index in [1.54, 1.807) is 43.5 Å². The van der Waals surface area contributed by atoms with Crippen molar-refractivity contribution in [2.24, 2.45) is 10.9 Å². The third-order valence-corrected chi connectivity index (χ3v) is 6.57. The van der Waals surface area contributed by atoms with Crippen LogP contribution < -0.4 is 20.3 Å². The Kier molecular flexibility index (Phi) is 11.4. The molecule has 0 fully saturated rings. The predicted molar refractivity (Wildman–Crippen MR) is 171 cm³/mol. The lowest BCUT2D eigenvalue weighted by atomic mass is 10.0. The molecule has 1 atom stereocenters. The first-order valence-electron chi connectivity index (χ1n) is 14.5. The fourth-order valence-corrected chi connectivity index (χ4v) is 4.39. The molecular formula is C34H36N4O7. The second kappa shape index (κ2) is 15.9. The van der Waals surface area contributed by atoms with E-state index in [1.165, 1.54) is 17.1 Å². The van der Waals surface area contributed by atoms with Crippen molar-refractivity contribution < 1.29 is 33.4 Å². The van der Waals surface area contributed by atoms with E-state index in [0.29, 0.717) is 35.0 Å². The van der Waals surface area contributed by atoms with Crippen molar-refractivity contribution >= 4 is 41.0 Å². The van der Waals surface area contributed by atoms with Crippen molar-refractivity contribution in [1.82, 2.24) is 5.32 Å². The quantitative estimate of drug-likeness (QED) is 0.229. The second-order valence-corrected chi connectivity index (χ2v) is 10.5. The smallest absolute Gasteiger partial charge is 0.411 e. The van der Waals surface area contributed by atoms with Gasteiger partial charge in [-0.25, -0.2) is 9.59 Å². The Labute approximate surface area is 261 Å². The molecule has 0 spiro atoms. The Bertz CT molecular complexity index is 1550.